The number of hydrogen-bond donors (Lipinski definition) is 2. The summed E-state index contributed by atoms with van der Waals surface area (Å²) in [4.78, 5) is 28.5. The summed E-state index contributed by atoms with van der Waals surface area (Å²) in [6.45, 7) is 25.8. The third-order valence-electron chi connectivity index (χ3n) is 8.26. The van der Waals surface area contributed by atoms with Crippen molar-refractivity contribution in [1.29, 1.82) is 0 Å². The van der Waals surface area contributed by atoms with Crippen molar-refractivity contribution in [3.8, 4) is 0 Å². The molecule has 242 valence electrons. The van der Waals surface area contributed by atoms with Crippen molar-refractivity contribution in [3.05, 3.63) is 86.1 Å². The van der Waals surface area contributed by atoms with Crippen LogP contribution in [0.15, 0.2) is 70.1 Å². The Morgan fingerprint density at radius 2 is 0.909 bits per heavy atom. The van der Waals surface area contributed by atoms with Crippen molar-refractivity contribution >= 4 is 11.6 Å². The Balaban J connectivity index is 0.00000232. The first-order valence-corrected chi connectivity index (χ1v) is 15.5. The van der Waals surface area contributed by atoms with E-state index in [0.717, 1.165) is 48.0 Å². The van der Waals surface area contributed by atoms with Crippen LogP contribution < -0.4 is 10.6 Å². The van der Waals surface area contributed by atoms with Crippen LogP contribution in [0.2, 0.25) is 0 Å². The van der Waals surface area contributed by atoms with Gasteiger partial charge in [0.1, 0.15) is 0 Å². The zero-order chi connectivity index (χ0) is 33.0. The van der Waals surface area contributed by atoms with Crippen molar-refractivity contribution in [2.75, 3.05) is 0 Å². The first kappa shape index (κ1) is 39.2. The maximum atomic E-state index is 13.5. The molecule has 8 heteroatoms. The molecule has 0 aromatic carbocycles. The van der Waals surface area contributed by atoms with Crippen LogP contribution in [0, 0.1) is 21.7 Å². The molecule has 0 saturated heterocycles. The van der Waals surface area contributed by atoms with Crippen LogP contribution in [-0.2, 0) is 27.0 Å². The summed E-state index contributed by atoms with van der Waals surface area (Å²) in [5.74, 6) is 0.203. The van der Waals surface area contributed by atoms with E-state index in [4.69, 9.17) is 11.1 Å². The molecule has 44 heavy (non-hydrogen) atoms. The molecule has 2 atom stereocenters. The molecule has 7 nitrogen and oxygen atoms in total. The van der Waals surface area contributed by atoms with Gasteiger partial charge in [-0.2, -0.15) is 0 Å². The monoisotopic (exact) mass is 640 g/mol. The molecular weight excluding hydrogens is 586 g/mol. The Hall–Kier alpha value is -2.78. The van der Waals surface area contributed by atoms with Gasteiger partial charge in [0.05, 0.1) is 0 Å². The van der Waals surface area contributed by atoms with Gasteiger partial charge >= 0.3 is 0 Å². The molecule has 0 unspecified atom stereocenters. The van der Waals surface area contributed by atoms with Crippen LogP contribution in [0.1, 0.15) is 109 Å². The molecule has 2 N–H and O–H groups in total. The van der Waals surface area contributed by atoms with Gasteiger partial charge in [-0.1, -0.05) is 108 Å². The van der Waals surface area contributed by atoms with Crippen molar-refractivity contribution in [1.82, 2.24) is 10.6 Å². The summed E-state index contributed by atoms with van der Waals surface area (Å²) in [6, 6.07) is 0.340. The van der Waals surface area contributed by atoms with Gasteiger partial charge in [-0.25, -0.2) is 0 Å². The zero-order valence-corrected chi connectivity index (χ0v) is 30.3. The zero-order valence-electron chi connectivity index (χ0n) is 29.0. The van der Waals surface area contributed by atoms with E-state index in [0.29, 0.717) is 0 Å². The summed E-state index contributed by atoms with van der Waals surface area (Å²) in [6.07, 6.45) is 16.5. The summed E-state index contributed by atoms with van der Waals surface area (Å²) in [7, 11) is 0. The van der Waals surface area contributed by atoms with Crippen LogP contribution in [0.4, 0.5) is 0 Å². The molecule has 3 rings (SSSR count). The number of nitrogens with one attached hydrogen (secondary N) is 2. The SMILES string of the molecule is CC(C)(C)C1=C/C(=C/N[C@@H]2CCCC[C@H]2N/C=C2/C=C(C(C)(C)C)C=C(C(C)(C)C)C2=O)C(=O)C(C(C)(C)C)=C1.[Cr].[N-]=[N+]=[N-]. The topological polar surface area (TPSA) is 117 Å². The van der Waals surface area contributed by atoms with Crippen molar-refractivity contribution in [3.63, 3.8) is 0 Å². The smallest absolute Gasteiger partial charge is 0.191 e. The second kappa shape index (κ2) is 15.0. The minimum absolute atomic E-state index is 0. The third kappa shape index (κ3) is 10.4. The summed E-state index contributed by atoms with van der Waals surface area (Å²) in [5.41, 5.74) is 18.4. The predicted octanol–water partition coefficient (Wildman–Crippen LogP) is 9.16. The standard InChI is InChI=1S/C36H54N2O2.Cr.N3/c1-33(2,3)25-17-23(31(39)27(19-25)35(7,8)9)21-37-29-15-13-14-16-30(29)38-22-24-18-26(34(4,5)6)20-28(32(24)40)36(10,11)12;;1-3-2/h17-22,29-30,37-38H,13-16H2,1-12H3;;/q;;-1/b23-21-,24-22-;;/t29-,30-;;/m1../s1. The molecule has 0 amide bonds. The van der Waals surface area contributed by atoms with Crippen LogP contribution in [0.25, 0.3) is 16.0 Å². The number of rotatable bonds is 4. The quantitative estimate of drug-likeness (QED) is 0.138. The number of ketones is 2. The second-order valence-corrected chi connectivity index (χ2v) is 16.1. The average Bonchev–Trinajstić information content (AvgIpc) is 2.85. The van der Waals surface area contributed by atoms with Crippen molar-refractivity contribution in [2.24, 2.45) is 21.7 Å². The fourth-order valence-corrected chi connectivity index (χ4v) is 5.42. The Bertz CT molecular complexity index is 1210. The van der Waals surface area contributed by atoms with Crippen LogP contribution in [0.3, 0.4) is 0 Å². The average molecular weight is 641 g/mol. The number of nitrogens with zero attached hydrogens (tertiary/aromatic N) is 3. The van der Waals surface area contributed by atoms with E-state index in [1.54, 1.807) is 0 Å². The number of carbonyl (C=O) groups is 2. The van der Waals surface area contributed by atoms with Crippen LogP contribution >= 0.6 is 0 Å². The summed E-state index contributed by atoms with van der Waals surface area (Å²) < 4.78 is 0. The van der Waals surface area contributed by atoms with Gasteiger partial charge in [0.15, 0.2) is 11.6 Å². The molecule has 3 aliphatic carbocycles. The van der Waals surface area contributed by atoms with Gasteiger partial charge in [-0.3, -0.25) is 14.5 Å². The second-order valence-electron chi connectivity index (χ2n) is 16.1. The minimum Gasteiger partial charge on any atom is -0.386 e. The first-order chi connectivity index (χ1) is 19.6. The van der Waals surface area contributed by atoms with E-state index in [-0.39, 0.29) is 62.7 Å². The van der Waals surface area contributed by atoms with Crippen molar-refractivity contribution < 1.29 is 27.0 Å². The van der Waals surface area contributed by atoms with Crippen LogP contribution in [-0.4, -0.2) is 23.7 Å². The molecule has 1 fully saturated rings. The maximum Gasteiger partial charge on any atom is 0.191 e. The van der Waals surface area contributed by atoms with Crippen LogP contribution in [0.5, 0.6) is 0 Å². The molecule has 3 aliphatic rings. The predicted molar refractivity (Wildman–Crippen MR) is 179 cm³/mol. The van der Waals surface area contributed by atoms with Gasteiger partial charge in [0, 0.05) is 64.1 Å². The third-order valence-corrected chi connectivity index (χ3v) is 8.26. The number of hydrogen-bond acceptors (Lipinski definition) is 4. The van der Waals surface area contributed by atoms with Gasteiger partial charge < -0.3 is 21.7 Å². The molecule has 0 bridgehead atoms. The van der Waals surface area contributed by atoms with Crippen molar-refractivity contribution in [2.45, 2.75) is 121 Å². The largest absolute Gasteiger partial charge is 0.386 e. The number of Topliss-reactive ketones (excluding diaryl/α,β-unsaturated/α-hetero) is 2. The fraction of sp³-hybridized carbons (Fsp3) is 0.611. The molecule has 0 aromatic heterocycles. The van der Waals surface area contributed by atoms with Gasteiger partial charge in [-0.15, -0.1) is 0 Å². The molecule has 1 saturated carbocycles. The van der Waals surface area contributed by atoms with E-state index < -0.39 is 0 Å². The van der Waals surface area contributed by atoms with E-state index in [2.05, 4.69) is 118 Å². The molecule has 0 spiro atoms. The van der Waals surface area contributed by atoms with Gasteiger partial charge in [0.2, 0.25) is 0 Å². The molecule has 0 radical (unpaired) electrons. The first-order valence-electron chi connectivity index (χ1n) is 15.5. The van der Waals surface area contributed by atoms with Gasteiger partial charge in [0.25, 0.3) is 0 Å². The van der Waals surface area contributed by atoms with E-state index >= 15 is 0 Å². The number of carbonyl (C=O) groups excluding carboxylic acids is 2. The summed E-state index contributed by atoms with van der Waals surface area (Å²) in [5, 5.41) is 7.25. The van der Waals surface area contributed by atoms with E-state index in [9.17, 15) is 9.59 Å². The molecule has 0 aromatic rings. The fourth-order valence-electron chi connectivity index (χ4n) is 5.42. The maximum absolute atomic E-state index is 13.5. The van der Waals surface area contributed by atoms with E-state index in [1.807, 2.05) is 12.4 Å². The Labute approximate surface area is 277 Å². The van der Waals surface area contributed by atoms with E-state index in [1.165, 1.54) is 16.1 Å². The Kier molecular flexibility index (Phi) is 13.4. The molecular formula is C36H54CrN5O2-. The summed E-state index contributed by atoms with van der Waals surface area (Å²) >= 11 is 0. The normalized spacial score (nSPS) is 23.3. The Morgan fingerprint density at radius 1 is 0.614 bits per heavy atom. The van der Waals surface area contributed by atoms with Gasteiger partial charge in [-0.05, 0) is 57.8 Å². The molecule has 0 aliphatic heterocycles. The Morgan fingerprint density at radius 3 is 1.16 bits per heavy atom. The number of allylic oxidation sites excluding steroid dienone is 10. The minimum atomic E-state index is -0.228. The molecule has 0 heterocycles.